The average molecular weight is 256 g/mol. The maximum Gasteiger partial charge on any atom is 0.213 e. The Balaban J connectivity index is 1.98. The van der Waals surface area contributed by atoms with Crippen LogP contribution in [0.4, 0.5) is 5.69 Å². The fourth-order valence-electron chi connectivity index (χ4n) is 1.93. The second-order valence-corrected chi connectivity index (χ2v) is 4.13. The minimum Gasteiger partial charge on any atom is -0.486 e. The molecule has 3 rings (SSSR count). The van der Waals surface area contributed by atoms with Gasteiger partial charge in [0, 0.05) is 11.8 Å². The molecule has 0 bridgehead atoms. The summed E-state index contributed by atoms with van der Waals surface area (Å²) < 4.78 is 10.9. The van der Waals surface area contributed by atoms with Crippen molar-refractivity contribution in [1.29, 1.82) is 0 Å². The molecule has 0 fully saturated rings. The number of pyridine rings is 1. The van der Waals surface area contributed by atoms with Gasteiger partial charge in [-0.3, -0.25) is 9.78 Å². The number of ether oxygens (including phenoxy) is 2. The zero-order valence-electron chi connectivity index (χ0n) is 10.1. The number of hydrogen-bond acceptors (Lipinski definition) is 5. The van der Waals surface area contributed by atoms with E-state index < -0.39 is 0 Å². The van der Waals surface area contributed by atoms with Crippen LogP contribution < -0.4 is 15.2 Å². The number of hydrogen-bond donors (Lipinski definition) is 1. The minimum atomic E-state index is -0.227. The lowest BCUT2D eigenvalue weighted by Crippen LogP contribution is -2.16. The number of carbonyl (C=O) groups is 1. The Bertz CT molecular complexity index is 640. The summed E-state index contributed by atoms with van der Waals surface area (Å²) in [5.74, 6) is 0.999. The van der Waals surface area contributed by atoms with Crippen LogP contribution in [0.1, 0.15) is 16.1 Å². The van der Waals surface area contributed by atoms with Crippen molar-refractivity contribution in [1.82, 2.24) is 4.98 Å². The average Bonchev–Trinajstić information content (AvgIpc) is 2.46. The van der Waals surface area contributed by atoms with Crippen molar-refractivity contribution in [3.8, 4) is 11.5 Å². The number of fused-ring (bicyclic) bond motifs is 1. The molecule has 2 aromatic rings. The molecule has 0 radical (unpaired) electrons. The molecule has 2 heterocycles. The number of nitrogen functional groups attached to an aromatic ring is 1. The highest BCUT2D eigenvalue weighted by atomic mass is 16.6. The van der Waals surface area contributed by atoms with Crippen LogP contribution in [0.25, 0.3) is 0 Å². The van der Waals surface area contributed by atoms with E-state index in [1.165, 1.54) is 0 Å². The molecule has 1 aromatic heterocycles. The van der Waals surface area contributed by atoms with E-state index in [-0.39, 0.29) is 11.5 Å². The molecule has 0 spiro atoms. The second-order valence-electron chi connectivity index (χ2n) is 4.13. The molecule has 5 nitrogen and oxygen atoms in total. The summed E-state index contributed by atoms with van der Waals surface area (Å²) in [5.41, 5.74) is 6.85. The number of ketones is 1. The Labute approximate surface area is 110 Å². The number of nitrogens with zero attached hydrogens (tertiary/aromatic N) is 1. The van der Waals surface area contributed by atoms with Crippen LogP contribution in [-0.4, -0.2) is 24.0 Å². The van der Waals surface area contributed by atoms with Crippen molar-refractivity contribution in [2.45, 2.75) is 0 Å². The summed E-state index contributed by atoms with van der Waals surface area (Å²) in [6.07, 6.45) is 1.54. The van der Waals surface area contributed by atoms with Gasteiger partial charge in [0.25, 0.3) is 0 Å². The fraction of sp³-hybridized carbons (Fsp3) is 0.143. The molecule has 1 aliphatic rings. The van der Waals surface area contributed by atoms with E-state index in [9.17, 15) is 4.79 Å². The third-order valence-electron chi connectivity index (χ3n) is 2.86. The second kappa shape index (κ2) is 4.61. The van der Waals surface area contributed by atoms with Crippen molar-refractivity contribution in [2.75, 3.05) is 18.9 Å². The van der Waals surface area contributed by atoms with E-state index in [1.807, 2.05) is 0 Å². The number of rotatable bonds is 2. The molecule has 0 amide bonds. The Hall–Kier alpha value is -2.56. The van der Waals surface area contributed by atoms with E-state index >= 15 is 0 Å². The zero-order valence-corrected chi connectivity index (χ0v) is 10.1. The summed E-state index contributed by atoms with van der Waals surface area (Å²) >= 11 is 0. The van der Waals surface area contributed by atoms with Crippen molar-refractivity contribution < 1.29 is 14.3 Å². The van der Waals surface area contributed by atoms with Gasteiger partial charge in [-0.15, -0.1) is 0 Å². The highest BCUT2D eigenvalue weighted by molar-refractivity contribution is 6.10. The van der Waals surface area contributed by atoms with E-state index in [4.69, 9.17) is 15.2 Å². The fourth-order valence-corrected chi connectivity index (χ4v) is 1.93. The van der Waals surface area contributed by atoms with E-state index in [0.29, 0.717) is 36.0 Å². The SMILES string of the molecule is Nc1cccnc1C(=O)c1ccc2c(c1)OCCO2. The molecule has 0 unspecified atom stereocenters. The lowest BCUT2D eigenvalue weighted by Gasteiger charge is -2.18. The normalized spacial score (nSPS) is 13.1. The Morgan fingerprint density at radius 3 is 2.74 bits per heavy atom. The molecule has 0 aliphatic carbocycles. The van der Waals surface area contributed by atoms with Gasteiger partial charge < -0.3 is 15.2 Å². The third-order valence-corrected chi connectivity index (χ3v) is 2.86. The Kier molecular flexibility index (Phi) is 2.79. The molecule has 1 aliphatic heterocycles. The molecule has 5 heteroatoms. The molecule has 0 atom stereocenters. The van der Waals surface area contributed by atoms with Crippen LogP contribution in [0, 0.1) is 0 Å². The predicted octanol–water partition coefficient (Wildman–Crippen LogP) is 1.67. The van der Waals surface area contributed by atoms with Gasteiger partial charge in [0.15, 0.2) is 11.5 Å². The first-order valence-corrected chi connectivity index (χ1v) is 5.90. The smallest absolute Gasteiger partial charge is 0.213 e. The highest BCUT2D eigenvalue weighted by Crippen LogP contribution is 2.31. The summed E-state index contributed by atoms with van der Waals surface area (Å²) in [7, 11) is 0. The van der Waals surface area contributed by atoms with Gasteiger partial charge in [-0.25, -0.2) is 0 Å². The lowest BCUT2D eigenvalue weighted by molar-refractivity contribution is 0.103. The number of anilines is 1. The third kappa shape index (κ3) is 2.10. The van der Waals surface area contributed by atoms with Gasteiger partial charge in [-0.1, -0.05) is 0 Å². The van der Waals surface area contributed by atoms with E-state index in [1.54, 1.807) is 36.5 Å². The number of benzene rings is 1. The maximum atomic E-state index is 12.3. The van der Waals surface area contributed by atoms with Crippen LogP contribution >= 0.6 is 0 Å². The molecule has 2 N–H and O–H groups in total. The van der Waals surface area contributed by atoms with Crippen LogP contribution in [0.3, 0.4) is 0 Å². The summed E-state index contributed by atoms with van der Waals surface area (Å²) in [6, 6.07) is 8.41. The lowest BCUT2D eigenvalue weighted by atomic mass is 10.1. The number of aromatic nitrogens is 1. The van der Waals surface area contributed by atoms with E-state index in [0.717, 1.165) is 0 Å². The zero-order chi connectivity index (χ0) is 13.2. The van der Waals surface area contributed by atoms with Gasteiger partial charge in [-0.05, 0) is 30.3 Å². The van der Waals surface area contributed by atoms with Crippen LogP contribution in [0.5, 0.6) is 11.5 Å². The quantitative estimate of drug-likeness (QED) is 0.827. The highest BCUT2D eigenvalue weighted by Gasteiger charge is 2.18. The van der Waals surface area contributed by atoms with Crippen LogP contribution in [0.2, 0.25) is 0 Å². The topological polar surface area (TPSA) is 74.4 Å². The van der Waals surface area contributed by atoms with Gasteiger partial charge in [0.05, 0.1) is 5.69 Å². The Morgan fingerprint density at radius 2 is 1.95 bits per heavy atom. The maximum absolute atomic E-state index is 12.3. The minimum absolute atomic E-state index is 0.227. The molecule has 19 heavy (non-hydrogen) atoms. The summed E-state index contributed by atoms with van der Waals surface area (Å²) in [5, 5.41) is 0. The van der Waals surface area contributed by atoms with Crippen LogP contribution in [-0.2, 0) is 0 Å². The number of nitrogens with two attached hydrogens (primary N) is 1. The van der Waals surface area contributed by atoms with Gasteiger partial charge in [-0.2, -0.15) is 0 Å². The summed E-state index contributed by atoms with van der Waals surface area (Å²) in [4.78, 5) is 16.3. The monoisotopic (exact) mass is 256 g/mol. The first kappa shape index (κ1) is 11.5. The molecule has 0 saturated carbocycles. The van der Waals surface area contributed by atoms with Crippen molar-refractivity contribution in [3.63, 3.8) is 0 Å². The molecular weight excluding hydrogens is 244 g/mol. The first-order valence-electron chi connectivity index (χ1n) is 5.90. The molecule has 0 saturated heterocycles. The van der Waals surface area contributed by atoms with Crippen LogP contribution in [0.15, 0.2) is 36.5 Å². The largest absolute Gasteiger partial charge is 0.486 e. The van der Waals surface area contributed by atoms with Crippen molar-refractivity contribution >= 4 is 11.5 Å². The Morgan fingerprint density at radius 1 is 1.16 bits per heavy atom. The predicted molar refractivity (Wildman–Crippen MR) is 69.5 cm³/mol. The van der Waals surface area contributed by atoms with Gasteiger partial charge >= 0.3 is 0 Å². The molecule has 1 aromatic carbocycles. The first-order chi connectivity index (χ1) is 9.25. The molecular formula is C14H12N2O3. The standard InChI is InChI=1S/C14H12N2O3/c15-10-2-1-5-16-13(10)14(17)9-3-4-11-12(8-9)19-7-6-18-11/h1-5,8H,6-7,15H2. The van der Waals surface area contributed by atoms with Crippen molar-refractivity contribution in [2.24, 2.45) is 0 Å². The van der Waals surface area contributed by atoms with Gasteiger partial charge in [0.1, 0.15) is 18.9 Å². The molecule has 96 valence electrons. The van der Waals surface area contributed by atoms with Gasteiger partial charge in [0.2, 0.25) is 5.78 Å². The van der Waals surface area contributed by atoms with Crippen molar-refractivity contribution in [3.05, 3.63) is 47.8 Å². The van der Waals surface area contributed by atoms with E-state index in [2.05, 4.69) is 4.98 Å². The summed E-state index contributed by atoms with van der Waals surface area (Å²) in [6.45, 7) is 1.00. The number of carbonyl (C=O) groups excluding carboxylic acids is 1.